The first-order valence-electron chi connectivity index (χ1n) is 6.86. The molecule has 0 aliphatic carbocycles. The molecule has 20 heavy (non-hydrogen) atoms. The van der Waals surface area contributed by atoms with Gasteiger partial charge in [0.15, 0.2) is 5.96 Å². The van der Waals surface area contributed by atoms with E-state index in [4.69, 9.17) is 0 Å². The molecule has 0 saturated heterocycles. The molecule has 0 heterocycles. The summed E-state index contributed by atoms with van der Waals surface area (Å²) in [7, 11) is 0. The first-order valence-corrected chi connectivity index (χ1v) is 6.86. The van der Waals surface area contributed by atoms with E-state index in [1.807, 2.05) is 6.08 Å². The van der Waals surface area contributed by atoms with Gasteiger partial charge in [-0.2, -0.15) is 0 Å². The van der Waals surface area contributed by atoms with Crippen LogP contribution in [0.3, 0.4) is 0 Å². The second-order valence-electron chi connectivity index (χ2n) is 4.61. The molecule has 0 amide bonds. The fourth-order valence-electron chi connectivity index (χ4n) is 1.93. The number of benzene rings is 1. The van der Waals surface area contributed by atoms with Crippen LogP contribution in [0, 0.1) is 13.8 Å². The third kappa shape index (κ3) is 6.93. The van der Waals surface area contributed by atoms with Crippen molar-refractivity contribution in [1.82, 2.24) is 10.6 Å². The predicted molar refractivity (Wildman–Crippen MR) is 99.2 cm³/mol. The van der Waals surface area contributed by atoms with E-state index in [0.717, 1.165) is 32.0 Å². The maximum atomic E-state index is 4.56. The molecule has 0 fully saturated rings. The zero-order chi connectivity index (χ0) is 14.1. The van der Waals surface area contributed by atoms with Gasteiger partial charge in [-0.15, -0.1) is 30.6 Å². The average Bonchev–Trinajstić information content (AvgIpc) is 2.38. The summed E-state index contributed by atoms with van der Waals surface area (Å²) in [6.45, 7) is 12.4. The number of aliphatic imine (C=N–C) groups is 1. The monoisotopic (exact) mass is 387 g/mol. The van der Waals surface area contributed by atoms with Gasteiger partial charge in [0.1, 0.15) is 0 Å². The summed E-state index contributed by atoms with van der Waals surface area (Å²) in [4.78, 5) is 4.56. The fraction of sp³-hybridized carbons (Fsp3) is 0.438. The first-order chi connectivity index (χ1) is 9.17. The third-order valence-electron chi connectivity index (χ3n) is 2.91. The van der Waals surface area contributed by atoms with Crippen molar-refractivity contribution in [3.63, 3.8) is 0 Å². The number of hydrogen-bond donors (Lipinski definition) is 2. The molecule has 0 atom stereocenters. The lowest BCUT2D eigenvalue weighted by Gasteiger charge is -2.10. The van der Waals surface area contributed by atoms with Gasteiger partial charge in [0.2, 0.25) is 0 Å². The van der Waals surface area contributed by atoms with Gasteiger partial charge in [-0.3, -0.25) is 4.99 Å². The van der Waals surface area contributed by atoms with Gasteiger partial charge in [0.05, 0.1) is 0 Å². The molecule has 1 aromatic carbocycles. The van der Waals surface area contributed by atoms with Crippen molar-refractivity contribution in [2.45, 2.75) is 27.2 Å². The zero-order valence-corrected chi connectivity index (χ0v) is 15.0. The van der Waals surface area contributed by atoms with Crippen LogP contribution in [0.25, 0.3) is 0 Å². The Morgan fingerprint density at radius 2 is 2.05 bits per heavy atom. The number of rotatable bonds is 6. The SMILES string of the molecule is C=CCNC(=NCCc1ccc(C)cc1C)NCC.I. The van der Waals surface area contributed by atoms with Gasteiger partial charge in [-0.25, -0.2) is 0 Å². The Balaban J connectivity index is 0.00000361. The van der Waals surface area contributed by atoms with Crippen LogP contribution in [-0.4, -0.2) is 25.6 Å². The molecular weight excluding hydrogens is 361 g/mol. The van der Waals surface area contributed by atoms with Gasteiger partial charge >= 0.3 is 0 Å². The van der Waals surface area contributed by atoms with E-state index in [1.54, 1.807) is 0 Å². The topological polar surface area (TPSA) is 36.4 Å². The summed E-state index contributed by atoms with van der Waals surface area (Å²) in [6, 6.07) is 6.58. The van der Waals surface area contributed by atoms with Crippen LogP contribution in [0.5, 0.6) is 0 Å². The second kappa shape index (κ2) is 10.7. The molecule has 4 heteroatoms. The van der Waals surface area contributed by atoms with E-state index in [1.165, 1.54) is 16.7 Å². The zero-order valence-electron chi connectivity index (χ0n) is 12.7. The Kier molecular flexibility index (Phi) is 10.2. The van der Waals surface area contributed by atoms with E-state index in [-0.39, 0.29) is 24.0 Å². The Morgan fingerprint density at radius 1 is 1.30 bits per heavy atom. The van der Waals surface area contributed by atoms with Crippen molar-refractivity contribution in [2.24, 2.45) is 4.99 Å². The van der Waals surface area contributed by atoms with Crippen LogP contribution >= 0.6 is 24.0 Å². The Morgan fingerprint density at radius 3 is 2.65 bits per heavy atom. The Hall–Kier alpha value is -1.04. The fourth-order valence-corrected chi connectivity index (χ4v) is 1.93. The summed E-state index contributed by atoms with van der Waals surface area (Å²) in [6.07, 6.45) is 2.80. The molecule has 0 aliphatic rings. The van der Waals surface area contributed by atoms with E-state index in [2.05, 4.69) is 61.2 Å². The van der Waals surface area contributed by atoms with Gasteiger partial charge in [-0.05, 0) is 38.3 Å². The van der Waals surface area contributed by atoms with Gasteiger partial charge in [0.25, 0.3) is 0 Å². The van der Waals surface area contributed by atoms with Crippen LogP contribution in [0.4, 0.5) is 0 Å². The summed E-state index contributed by atoms with van der Waals surface area (Å²) in [5, 5.41) is 6.42. The second-order valence-corrected chi connectivity index (χ2v) is 4.61. The lowest BCUT2D eigenvalue weighted by molar-refractivity contribution is 0.850. The molecule has 2 N–H and O–H groups in total. The van der Waals surface area contributed by atoms with Crippen LogP contribution < -0.4 is 10.6 Å². The van der Waals surface area contributed by atoms with E-state index >= 15 is 0 Å². The first kappa shape index (κ1) is 19.0. The highest BCUT2D eigenvalue weighted by Crippen LogP contribution is 2.11. The molecule has 1 aromatic rings. The van der Waals surface area contributed by atoms with Crippen LogP contribution in [0.2, 0.25) is 0 Å². The molecular formula is C16H26IN3. The molecule has 0 bridgehead atoms. The van der Waals surface area contributed by atoms with Crippen LogP contribution in [-0.2, 0) is 6.42 Å². The minimum Gasteiger partial charge on any atom is -0.357 e. The Bertz CT molecular complexity index is 441. The highest BCUT2D eigenvalue weighted by Gasteiger charge is 1.99. The van der Waals surface area contributed by atoms with Crippen LogP contribution in [0.15, 0.2) is 35.8 Å². The summed E-state index contributed by atoms with van der Waals surface area (Å²) in [5.41, 5.74) is 4.03. The molecule has 0 aromatic heterocycles. The van der Waals surface area contributed by atoms with E-state index in [0.29, 0.717) is 0 Å². The summed E-state index contributed by atoms with van der Waals surface area (Å²) in [5.74, 6) is 0.854. The van der Waals surface area contributed by atoms with Crippen LogP contribution in [0.1, 0.15) is 23.6 Å². The number of aryl methyl sites for hydroxylation is 2. The number of hydrogen-bond acceptors (Lipinski definition) is 1. The average molecular weight is 387 g/mol. The molecule has 0 spiro atoms. The van der Waals surface area contributed by atoms with Crippen molar-refractivity contribution in [2.75, 3.05) is 19.6 Å². The maximum Gasteiger partial charge on any atom is 0.191 e. The van der Waals surface area contributed by atoms with E-state index < -0.39 is 0 Å². The van der Waals surface area contributed by atoms with E-state index in [9.17, 15) is 0 Å². The number of guanidine groups is 1. The van der Waals surface area contributed by atoms with Crippen molar-refractivity contribution in [3.8, 4) is 0 Å². The molecule has 0 radical (unpaired) electrons. The lowest BCUT2D eigenvalue weighted by Crippen LogP contribution is -2.37. The van der Waals surface area contributed by atoms with Crippen molar-refractivity contribution < 1.29 is 0 Å². The molecule has 0 saturated carbocycles. The number of halogens is 1. The van der Waals surface area contributed by atoms with Crippen molar-refractivity contribution >= 4 is 29.9 Å². The standard InChI is InChI=1S/C16H25N3.HI/c1-5-10-18-16(17-6-2)19-11-9-15-8-7-13(3)12-14(15)4;/h5,7-8,12H,1,6,9-11H2,2-4H3,(H2,17,18,19);1H. The normalized spacial score (nSPS) is 10.7. The molecule has 0 aliphatic heterocycles. The van der Waals surface area contributed by atoms with Crippen molar-refractivity contribution in [3.05, 3.63) is 47.5 Å². The number of nitrogens with one attached hydrogen (secondary N) is 2. The minimum atomic E-state index is 0. The highest BCUT2D eigenvalue weighted by molar-refractivity contribution is 14.0. The minimum absolute atomic E-state index is 0. The molecule has 112 valence electrons. The smallest absolute Gasteiger partial charge is 0.191 e. The highest BCUT2D eigenvalue weighted by atomic mass is 127. The summed E-state index contributed by atoms with van der Waals surface area (Å²) >= 11 is 0. The molecule has 0 unspecified atom stereocenters. The quantitative estimate of drug-likeness (QED) is 0.340. The van der Waals surface area contributed by atoms with Crippen molar-refractivity contribution in [1.29, 1.82) is 0 Å². The maximum absolute atomic E-state index is 4.56. The predicted octanol–water partition coefficient (Wildman–Crippen LogP) is 3.21. The van der Waals surface area contributed by atoms with Gasteiger partial charge in [-0.1, -0.05) is 29.8 Å². The number of nitrogens with zero attached hydrogens (tertiary/aromatic N) is 1. The lowest BCUT2D eigenvalue weighted by atomic mass is 10.0. The largest absolute Gasteiger partial charge is 0.357 e. The molecule has 3 nitrogen and oxygen atoms in total. The summed E-state index contributed by atoms with van der Waals surface area (Å²) < 4.78 is 0. The Labute approximate surface area is 140 Å². The third-order valence-corrected chi connectivity index (χ3v) is 2.91. The molecule has 1 rings (SSSR count). The van der Waals surface area contributed by atoms with Gasteiger partial charge < -0.3 is 10.6 Å². The van der Waals surface area contributed by atoms with Gasteiger partial charge in [0, 0.05) is 19.6 Å².